The lowest BCUT2D eigenvalue weighted by atomic mass is 10.2. The quantitative estimate of drug-likeness (QED) is 0.781. The third-order valence-corrected chi connectivity index (χ3v) is 2.83. The van der Waals surface area contributed by atoms with Crippen molar-refractivity contribution in [3.05, 3.63) is 29.8 Å². The molecule has 0 amide bonds. The van der Waals surface area contributed by atoms with Crippen LogP contribution in [0.15, 0.2) is 29.2 Å². The van der Waals surface area contributed by atoms with Gasteiger partial charge in [-0.15, -0.1) is 0 Å². The highest BCUT2D eigenvalue weighted by molar-refractivity contribution is 7.85. The van der Waals surface area contributed by atoms with Crippen LogP contribution in [0, 0.1) is 6.92 Å². The fourth-order valence-corrected chi connectivity index (χ4v) is 1.19. The van der Waals surface area contributed by atoms with Gasteiger partial charge in [-0.2, -0.15) is 8.42 Å². The molecule has 0 heterocycles. The van der Waals surface area contributed by atoms with Crippen LogP contribution in [0.25, 0.3) is 0 Å². The Kier molecular flexibility index (Phi) is 6.25. The second-order valence-corrected chi connectivity index (χ2v) is 5.10. The maximum Gasteiger partial charge on any atom is 0.294 e. The molecule has 0 spiro atoms. The number of benzene rings is 1. The minimum atomic E-state index is -4.02. The first-order chi connectivity index (χ1) is 7.27. The van der Waals surface area contributed by atoms with Gasteiger partial charge in [0.05, 0.1) is 4.90 Å². The Labute approximate surface area is 97.2 Å². The molecule has 4 nitrogen and oxygen atoms in total. The molecule has 1 unspecified atom stereocenters. The zero-order valence-electron chi connectivity index (χ0n) is 9.84. The second kappa shape index (κ2) is 6.62. The van der Waals surface area contributed by atoms with Crippen molar-refractivity contribution in [2.75, 3.05) is 0 Å². The molecule has 0 saturated heterocycles. The summed E-state index contributed by atoms with van der Waals surface area (Å²) in [6.45, 7) is 5.92. The number of hydrogen-bond acceptors (Lipinski definition) is 3. The van der Waals surface area contributed by atoms with Crippen LogP contribution < -0.4 is 5.73 Å². The molecule has 0 aliphatic heterocycles. The molecular weight excluding hydrogens is 226 g/mol. The topological polar surface area (TPSA) is 80.4 Å². The van der Waals surface area contributed by atoms with Crippen molar-refractivity contribution in [2.45, 2.75) is 38.1 Å². The summed E-state index contributed by atoms with van der Waals surface area (Å²) >= 11 is 0. The van der Waals surface area contributed by atoms with Crippen LogP contribution in [-0.2, 0) is 10.1 Å². The number of aryl methyl sites for hydroxylation is 1. The largest absolute Gasteiger partial charge is 0.328 e. The minimum absolute atomic E-state index is 0.0666. The molecule has 0 radical (unpaired) electrons. The molecule has 5 heteroatoms. The van der Waals surface area contributed by atoms with Gasteiger partial charge in [0.15, 0.2) is 0 Å². The van der Waals surface area contributed by atoms with E-state index in [0.29, 0.717) is 6.04 Å². The van der Waals surface area contributed by atoms with Crippen LogP contribution >= 0.6 is 0 Å². The summed E-state index contributed by atoms with van der Waals surface area (Å²) in [5.74, 6) is 0. The Bertz CT molecular complexity index is 396. The molecule has 0 aliphatic rings. The van der Waals surface area contributed by atoms with E-state index >= 15 is 0 Å². The molecule has 1 aromatic rings. The third kappa shape index (κ3) is 6.55. The zero-order chi connectivity index (χ0) is 12.8. The normalized spacial score (nSPS) is 12.6. The van der Waals surface area contributed by atoms with E-state index in [2.05, 4.69) is 6.92 Å². The van der Waals surface area contributed by atoms with Crippen molar-refractivity contribution in [1.29, 1.82) is 0 Å². The standard InChI is InChI=1S/C7H8O3S.C4H11N/c1-6-2-4-7(5-3-6)11(8,9)10;1-3-4(2)5/h2-5H,1H3,(H,8,9,10);4H,3,5H2,1-2H3. The fraction of sp³-hybridized carbons (Fsp3) is 0.455. The average Bonchev–Trinajstić information content (AvgIpc) is 2.18. The number of hydrogen-bond donors (Lipinski definition) is 2. The summed E-state index contributed by atoms with van der Waals surface area (Å²) in [6, 6.07) is 6.37. The fourth-order valence-electron chi connectivity index (χ4n) is 0.710. The molecule has 0 bridgehead atoms. The van der Waals surface area contributed by atoms with Crippen LogP contribution in [0.4, 0.5) is 0 Å². The van der Waals surface area contributed by atoms with Crippen molar-refractivity contribution in [3.63, 3.8) is 0 Å². The molecule has 1 rings (SSSR count). The van der Waals surface area contributed by atoms with E-state index in [4.69, 9.17) is 10.3 Å². The van der Waals surface area contributed by atoms with Crippen molar-refractivity contribution in [1.82, 2.24) is 0 Å². The van der Waals surface area contributed by atoms with E-state index in [1.807, 2.05) is 13.8 Å². The van der Waals surface area contributed by atoms with Gasteiger partial charge in [-0.1, -0.05) is 24.6 Å². The lowest BCUT2D eigenvalue weighted by molar-refractivity contribution is 0.483. The van der Waals surface area contributed by atoms with Crippen LogP contribution in [0.5, 0.6) is 0 Å². The highest BCUT2D eigenvalue weighted by Crippen LogP contribution is 2.08. The molecule has 1 atom stereocenters. The van der Waals surface area contributed by atoms with Gasteiger partial charge in [0.1, 0.15) is 0 Å². The van der Waals surface area contributed by atoms with Gasteiger partial charge in [0, 0.05) is 6.04 Å². The predicted molar refractivity (Wildman–Crippen MR) is 64.9 cm³/mol. The number of rotatable bonds is 2. The average molecular weight is 245 g/mol. The van der Waals surface area contributed by atoms with Crippen molar-refractivity contribution < 1.29 is 13.0 Å². The highest BCUT2D eigenvalue weighted by atomic mass is 32.2. The SMILES string of the molecule is CCC(C)N.Cc1ccc(S(=O)(=O)O)cc1. The van der Waals surface area contributed by atoms with Crippen molar-refractivity contribution in [3.8, 4) is 0 Å². The summed E-state index contributed by atoms with van der Waals surface area (Å²) in [5.41, 5.74) is 6.25. The van der Waals surface area contributed by atoms with E-state index in [-0.39, 0.29) is 4.90 Å². The smallest absolute Gasteiger partial charge is 0.294 e. The van der Waals surface area contributed by atoms with Gasteiger partial charge in [-0.3, -0.25) is 4.55 Å². The third-order valence-electron chi connectivity index (χ3n) is 1.96. The van der Waals surface area contributed by atoms with Crippen molar-refractivity contribution >= 4 is 10.1 Å². The molecular formula is C11H19NO3S. The lowest BCUT2D eigenvalue weighted by Crippen LogP contribution is -2.11. The second-order valence-electron chi connectivity index (χ2n) is 3.67. The molecule has 16 heavy (non-hydrogen) atoms. The van der Waals surface area contributed by atoms with E-state index in [1.165, 1.54) is 12.1 Å². The summed E-state index contributed by atoms with van der Waals surface area (Å²) in [4.78, 5) is -0.0666. The monoisotopic (exact) mass is 245 g/mol. The molecule has 3 N–H and O–H groups in total. The molecule has 0 aliphatic carbocycles. The molecule has 0 saturated carbocycles. The first kappa shape index (κ1) is 15.1. The maximum absolute atomic E-state index is 10.5. The molecule has 1 aromatic carbocycles. The van der Waals surface area contributed by atoms with Gasteiger partial charge in [-0.05, 0) is 32.4 Å². The predicted octanol–water partition coefficient (Wildman–Crippen LogP) is 1.99. The zero-order valence-corrected chi connectivity index (χ0v) is 10.7. The van der Waals surface area contributed by atoms with Crippen molar-refractivity contribution in [2.24, 2.45) is 5.73 Å². The van der Waals surface area contributed by atoms with Crippen LogP contribution in [-0.4, -0.2) is 19.0 Å². The first-order valence-corrected chi connectivity index (χ1v) is 6.51. The van der Waals surface area contributed by atoms with E-state index < -0.39 is 10.1 Å². The first-order valence-electron chi connectivity index (χ1n) is 5.07. The van der Waals surface area contributed by atoms with Crippen LogP contribution in [0.1, 0.15) is 25.8 Å². The Morgan fingerprint density at radius 3 is 1.94 bits per heavy atom. The summed E-state index contributed by atoms with van der Waals surface area (Å²) < 4.78 is 29.6. The molecule has 0 aromatic heterocycles. The van der Waals surface area contributed by atoms with Gasteiger partial charge in [0.25, 0.3) is 10.1 Å². The summed E-state index contributed by atoms with van der Waals surface area (Å²) in [7, 11) is -4.02. The Balaban J connectivity index is 0.000000385. The highest BCUT2D eigenvalue weighted by Gasteiger charge is 2.06. The van der Waals surface area contributed by atoms with Gasteiger partial charge in [0.2, 0.25) is 0 Å². The van der Waals surface area contributed by atoms with E-state index in [1.54, 1.807) is 12.1 Å². The summed E-state index contributed by atoms with van der Waals surface area (Å²) in [6.07, 6.45) is 1.08. The minimum Gasteiger partial charge on any atom is -0.328 e. The Hall–Kier alpha value is -0.910. The number of nitrogens with two attached hydrogens (primary N) is 1. The Morgan fingerprint density at radius 1 is 1.31 bits per heavy atom. The van der Waals surface area contributed by atoms with E-state index in [0.717, 1.165) is 12.0 Å². The Morgan fingerprint density at radius 2 is 1.69 bits per heavy atom. The van der Waals surface area contributed by atoms with E-state index in [9.17, 15) is 8.42 Å². The molecule has 0 fully saturated rings. The van der Waals surface area contributed by atoms with Crippen LogP contribution in [0.3, 0.4) is 0 Å². The van der Waals surface area contributed by atoms with Gasteiger partial charge in [-0.25, -0.2) is 0 Å². The lowest BCUT2D eigenvalue weighted by Gasteiger charge is -1.95. The van der Waals surface area contributed by atoms with Crippen LogP contribution in [0.2, 0.25) is 0 Å². The van der Waals surface area contributed by atoms with Gasteiger partial charge >= 0.3 is 0 Å². The molecule has 92 valence electrons. The van der Waals surface area contributed by atoms with Gasteiger partial charge < -0.3 is 5.73 Å². The maximum atomic E-state index is 10.5. The summed E-state index contributed by atoms with van der Waals surface area (Å²) in [5, 5.41) is 0.